The Morgan fingerprint density at radius 1 is 1.15 bits per heavy atom. The molecule has 1 aliphatic heterocycles. The second kappa shape index (κ2) is 6.78. The van der Waals surface area contributed by atoms with Gasteiger partial charge >= 0.3 is 5.97 Å². The molecule has 0 saturated heterocycles. The van der Waals surface area contributed by atoms with Crippen molar-refractivity contribution < 1.29 is 22.7 Å². The van der Waals surface area contributed by atoms with E-state index in [-0.39, 0.29) is 5.75 Å². The lowest BCUT2D eigenvalue weighted by atomic mass is 9.86. The highest BCUT2D eigenvalue weighted by Gasteiger charge is 2.41. The van der Waals surface area contributed by atoms with Crippen molar-refractivity contribution in [1.82, 2.24) is 0 Å². The van der Waals surface area contributed by atoms with E-state index < -0.39 is 28.5 Å². The van der Waals surface area contributed by atoms with Gasteiger partial charge < -0.3 is 9.29 Å². The van der Waals surface area contributed by atoms with Crippen molar-refractivity contribution in [3.05, 3.63) is 70.5 Å². The average Bonchev–Trinajstić information content (AvgIpc) is 2.77. The van der Waals surface area contributed by atoms with Crippen LogP contribution in [0, 0.1) is 12.7 Å². The normalized spacial score (nSPS) is 17.3. The molecule has 0 radical (unpaired) electrons. The highest BCUT2D eigenvalue weighted by atomic mass is 32.2. The number of benzene rings is 2. The van der Waals surface area contributed by atoms with Gasteiger partial charge in [0.1, 0.15) is 11.4 Å². The van der Waals surface area contributed by atoms with Crippen molar-refractivity contribution in [3.8, 4) is 0 Å². The number of hydrogen-bond donors (Lipinski definition) is 1. The zero-order chi connectivity index (χ0) is 19.1. The molecule has 3 rings (SSSR count). The number of aryl methyl sites for hydroxylation is 1. The highest BCUT2D eigenvalue weighted by Crippen LogP contribution is 2.44. The predicted octanol–water partition coefficient (Wildman–Crippen LogP) is 4.10. The molecule has 0 saturated carbocycles. The summed E-state index contributed by atoms with van der Waals surface area (Å²) in [5, 5.41) is 0. The number of cyclic esters (lactones) is 1. The molecular weight excluding hydrogens is 355 g/mol. The van der Waals surface area contributed by atoms with Gasteiger partial charge in [-0.2, -0.15) is 0 Å². The van der Waals surface area contributed by atoms with Crippen LogP contribution in [0.25, 0.3) is 11.1 Å². The molecule has 2 aromatic rings. The quantitative estimate of drug-likeness (QED) is 0.646. The number of ether oxygens (including phenoxy) is 1. The standard InChI is InChI=1S/C20H19FO4S/c1-12-9-14(7-8-15(12)11-26(23)24)18-17(19(22)25-20(18,2)3)13-5-4-6-16(21)10-13/h4-10H,11H2,1-3H3,(H,23,24). The van der Waals surface area contributed by atoms with Crippen molar-refractivity contribution in [2.24, 2.45) is 0 Å². The molecule has 4 nitrogen and oxygen atoms in total. The molecule has 2 aromatic carbocycles. The molecule has 1 atom stereocenters. The van der Waals surface area contributed by atoms with Gasteiger partial charge in [0.05, 0.1) is 11.3 Å². The first-order valence-electron chi connectivity index (χ1n) is 8.10. The fourth-order valence-electron chi connectivity index (χ4n) is 3.28. The largest absolute Gasteiger partial charge is 0.451 e. The molecule has 0 spiro atoms. The molecule has 6 heteroatoms. The maximum Gasteiger partial charge on any atom is 0.340 e. The van der Waals surface area contributed by atoms with Crippen LogP contribution in [0.3, 0.4) is 0 Å². The molecule has 1 heterocycles. The van der Waals surface area contributed by atoms with E-state index in [0.717, 1.165) is 16.7 Å². The van der Waals surface area contributed by atoms with Crippen LogP contribution in [0.2, 0.25) is 0 Å². The van der Waals surface area contributed by atoms with Gasteiger partial charge in [0.2, 0.25) is 0 Å². The number of carbonyl (C=O) groups excluding carboxylic acids is 1. The maximum atomic E-state index is 13.7. The number of rotatable bonds is 4. The Kier molecular flexibility index (Phi) is 4.82. The second-order valence-electron chi connectivity index (χ2n) is 6.77. The third-order valence-corrected chi connectivity index (χ3v) is 4.99. The molecular formula is C20H19FO4S. The van der Waals surface area contributed by atoms with Gasteiger partial charge in [-0.3, -0.25) is 0 Å². The summed E-state index contributed by atoms with van der Waals surface area (Å²) in [7, 11) is 0. The molecule has 0 amide bonds. The molecule has 1 unspecified atom stereocenters. The van der Waals surface area contributed by atoms with Crippen LogP contribution < -0.4 is 0 Å². The first kappa shape index (κ1) is 18.5. The van der Waals surface area contributed by atoms with Crippen LogP contribution in [0.1, 0.15) is 36.1 Å². The summed E-state index contributed by atoms with van der Waals surface area (Å²) in [6, 6.07) is 11.3. The predicted molar refractivity (Wildman–Crippen MR) is 99.0 cm³/mol. The second-order valence-corrected chi connectivity index (χ2v) is 7.70. The monoisotopic (exact) mass is 374 g/mol. The van der Waals surface area contributed by atoms with Gasteiger partial charge in [-0.05, 0) is 55.2 Å². The zero-order valence-corrected chi connectivity index (χ0v) is 15.5. The van der Waals surface area contributed by atoms with Crippen LogP contribution in [-0.2, 0) is 26.4 Å². The van der Waals surface area contributed by atoms with Crippen molar-refractivity contribution in [3.63, 3.8) is 0 Å². The van der Waals surface area contributed by atoms with Crippen LogP contribution in [0.4, 0.5) is 4.39 Å². The Morgan fingerprint density at radius 2 is 1.88 bits per heavy atom. The highest BCUT2D eigenvalue weighted by molar-refractivity contribution is 7.78. The topological polar surface area (TPSA) is 63.6 Å². The average molecular weight is 374 g/mol. The molecule has 0 aliphatic carbocycles. The number of halogens is 1. The number of carbonyl (C=O) groups is 1. The summed E-state index contributed by atoms with van der Waals surface area (Å²) in [6.07, 6.45) is 0. The summed E-state index contributed by atoms with van der Waals surface area (Å²) in [5.41, 5.74) is 2.97. The number of esters is 1. The minimum atomic E-state index is -1.93. The van der Waals surface area contributed by atoms with E-state index >= 15 is 0 Å². The van der Waals surface area contributed by atoms with Crippen LogP contribution in [0.5, 0.6) is 0 Å². The minimum Gasteiger partial charge on any atom is -0.451 e. The maximum absolute atomic E-state index is 13.7. The SMILES string of the molecule is Cc1cc(C2=C(c3cccc(F)c3)C(=O)OC2(C)C)ccc1CS(=O)O. The van der Waals surface area contributed by atoms with E-state index in [2.05, 4.69) is 0 Å². The molecule has 136 valence electrons. The smallest absolute Gasteiger partial charge is 0.340 e. The summed E-state index contributed by atoms with van der Waals surface area (Å²) in [6.45, 7) is 5.43. The molecule has 0 fully saturated rings. The van der Waals surface area contributed by atoms with Gasteiger partial charge in [-0.1, -0.05) is 30.3 Å². The first-order valence-corrected chi connectivity index (χ1v) is 9.38. The fourth-order valence-corrected chi connectivity index (χ4v) is 3.87. The summed E-state index contributed by atoms with van der Waals surface area (Å²) in [5.74, 6) is -0.876. The summed E-state index contributed by atoms with van der Waals surface area (Å²) >= 11 is -1.93. The lowest BCUT2D eigenvalue weighted by molar-refractivity contribution is -0.141. The van der Waals surface area contributed by atoms with E-state index in [0.29, 0.717) is 16.7 Å². The molecule has 0 bridgehead atoms. The molecule has 0 aromatic heterocycles. The Labute approximate surface area is 154 Å². The molecule has 1 aliphatic rings. The van der Waals surface area contributed by atoms with E-state index in [9.17, 15) is 13.4 Å². The Morgan fingerprint density at radius 3 is 2.50 bits per heavy atom. The lowest BCUT2D eigenvalue weighted by Crippen LogP contribution is -2.22. The summed E-state index contributed by atoms with van der Waals surface area (Å²) in [4.78, 5) is 12.5. The van der Waals surface area contributed by atoms with Crippen LogP contribution in [-0.4, -0.2) is 20.3 Å². The third kappa shape index (κ3) is 3.48. The third-order valence-electron chi connectivity index (χ3n) is 4.43. The van der Waals surface area contributed by atoms with E-state index in [1.807, 2.05) is 13.0 Å². The van der Waals surface area contributed by atoms with Crippen LogP contribution >= 0.6 is 0 Å². The summed E-state index contributed by atoms with van der Waals surface area (Å²) < 4.78 is 39.4. The Hall–Kier alpha value is -2.31. The number of hydrogen-bond acceptors (Lipinski definition) is 3. The van der Waals surface area contributed by atoms with Crippen molar-refractivity contribution in [2.75, 3.05) is 0 Å². The van der Waals surface area contributed by atoms with Crippen molar-refractivity contribution in [2.45, 2.75) is 32.1 Å². The molecule has 26 heavy (non-hydrogen) atoms. The van der Waals surface area contributed by atoms with E-state index in [1.54, 1.807) is 38.1 Å². The molecule has 1 N–H and O–H groups in total. The Bertz CT molecular complexity index is 947. The minimum absolute atomic E-state index is 0.0424. The van der Waals surface area contributed by atoms with Crippen LogP contribution in [0.15, 0.2) is 42.5 Å². The zero-order valence-electron chi connectivity index (χ0n) is 14.7. The van der Waals surface area contributed by atoms with Gasteiger partial charge in [-0.25, -0.2) is 13.4 Å². The van der Waals surface area contributed by atoms with Gasteiger partial charge in [0.25, 0.3) is 0 Å². The fraction of sp³-hybridized carbons (Fsp3) is 0.250. The van der Waals surface area contributed by atoms with Crippen molar-refractivity contribution >= 4 is 28.2 Å². The van der Waals surface area contributed by atoms with E-state index in [1.165, 1.54) is 12.1 Å². The van der Waals surface area contributed by atoms with Gasteiger partial charge in [0.15, 0.2) is 11.1 Å². The van der Waals surface area contributed by atoms with Gasteiger partial charge in [0, 0.05) is 5.57 Å². The van der Waals surface area contributed by atoms with Gasteiger partial charge in [-0.15, -0.1) is 0 Å². The Balaban J connectivity index is 2.19. The van der Waals surface area contributed by atoms with E-state index in [4.69, 9.17) is 9.29 Å². The lowest BCUT2D eigenvalue weighted by Gasteiger charge is -2.22. The first-order chi connectivity index (χ1) is 12.2. The van der Waals surface area contributed by atoms with Crippen molar-refractivity contribution in [1.29, 1.82) is 0 Å².